The van der Waals surface area contributed by atoms with E-state index in [0.717, 1.165) is 16.9 Å². The summed E-state index contributed by atoms with van der Waals surface area (Å²) < 4.78 is 5.42. The van der Waals surface area contributed by atoms with Gasteiger partial charge in [0.25, 0.3) is 0 Å². The van der Waals surface area contributed by atoms with Crippen LogP contribution < -0.4 is 10.1 Å². The Morgan fingerprint density at radius 3 is 2.44 bits per heavy atom. The van der Waals surface area contributed by atoms with Crippen molar-refractivity contribution in [1.29, 1.82) is 0 Å². The summed E-state index contributed by atoms with van der Waals surface area (Å²) in [6.07, 6.45) is 0. The largest absolute Gasteiger partial charge is 0.494 e. The van der Waals surface area contributed by atoms with Gasteiger partial charge in [-0.15, -0.1) is 0 Å². The van der Waals surface area contributed by atoms with Crippen molar-refractivity contribution in [2.24, 2.45) is 0 Å². The van der Waals surface area contributed by atoms with Crippen LogP contribution >= 0.6 is 23.2 Å². The minimum absolute atomic E-state index is 0.160. The standard InChI is InChI=1S/C19H22Cl2N2O2/c1-4-25-16-8-5-14(6-9-16)12-23(3)19(24)22-13(2)15-7-10-17(20)18(21)11-15/h5-11,13H,4,12H2,1-3H3,(H,22,24). The first-order chi connectivity index (χ1) is 11.9. The average molecular weight is 381 g/mol. The topological polar surface area (TPSA) is 41.6 Å². The molecule has 1 unspecified atom stereocenters. The Morgan fingerprint density at radius 2 is 1.84 bits per heavy atom. The lowest BCUT2D eigenvalue weighted by molar-refractivity contribution is 0.203. The third-order valence-electron chi connectivity index (χ3n) is 3.78. The molecule has 134 valence electrons. The predicted octanol–water partition coefficient (Wildman–Crippen LogP) is 5.29. The first-order valence-corrected chi connectivity index (χ1v) is 8.84. The van der Waals surface area contributed by atoms with Gasteiger partial charge in [-0.2, -0.15) is 0 Å². The summed E-state index contributed by atoms with van der Waals surface area (Å²) in [6.45, 7) is 4.99. The molecule has 1 atom stereocenters. The van der Waals surface area contributed by atoms with Crippen molar-refractivity contribution in [3.8, 4) is 5.75 Å². The van der Waals surface area contributed by atoms with Crippen molar-refractivity contribution in [3.05, 3.63) is 63.6 Å². The molecule has 0 aliphatic rings. The fourth-order valence-electron chi connectivity index (χ4n) is 2.36. The fraction of sp³-hybridized carbons (Fsp3) is 0.316. The molecule has 4 nitrogen and oxygen atoms in total. The molecule has 0 saturated heterocycles. The molecule has 2 rings (SSSR count). The van der Waals surface area contributed by atoms with Crippen LogP contribution in [0.2, 0.25) is 10.0 Å². The van der Waals surface area contributed by atoms with Crippen molar-refractivity contribution in [1.82, 2.24) is 10.2 Å². The molecule has 25 heavy (non-hydrogen) atoms. The number of carbonyl (C=O) groups excluding carboxylic acids is 1. The van der Waals surface area contributed by atoms with Gasteiger partial charge in [-0.05, 0) is 49.2 Å². The van der Waals surface area contributed by atoms with Crippen LogP contribution in [0.25, 0.3) is 0 Å². The quantitative estimate of drug-likeness (QED) is 0.738. The van der Waals surface area contributed by atoms with E-state index in [4.69, 9.17) is 27.9 Å². The lowest BCUT2D eigenvalue weighted by Gasteiger charge is -2.22. The molecule has 0 aliphatic carbocycles. The SMILES string of the molecule is CCOc1ccc(CN(C)C(=O)NC(C)c2ccc(Cl)c(Cl)c2)cc1. The Labute approximate surface area is 158 Å². The van der Waals surface area contributed by atoms with Gasteiger partial charge in [0.1, 0.15) is 5.75 Å². The van der Waals surface area contributed by atoms with Crippen LogP contribution in [0, 0.1) is 0 Å². The number of hydrogen-bond acceptors (Lipinski definition) is 2. The second-order valence-corrected chi connectivity index (χ2v) is 6.59. The van der Waals surface area contributed by atoms with E-state index in [1.807, 2.05) is 44.2 Å². The van der Waals surface area contributed by atoms with E-state index in [1.54, 1.807) is 24.1 Å². The van der Waals surface area contributed by atoms with E-state index in [1.165, 1.54) is 0 Å². The second-order valence-electron chi connectivity index (χ2n) is 5.78. The number of halogens is 2. The lowest BCUT2D eigenvalue weighted by atomic mass is 10.1. The van der Waals surface area contributed by atoms with E-state index in [2.05, 4.69) is 5.32 Å². The number of nitrogens with one attached hydrogen (secondary N) is 1. The molecule has 0 radical (unpaired) electrons. The summed E-state index contributed by atoms with van der Waals surface area (Å²) in [5.41, 5.74) is 1.93. The van der Waals surface area contributed by atoms with Crippen LogP contribution in [0.5, 0.6) is 5.75 Å². The maximum absolute atomic E-state index is 12.4. The molecule has 1 N–H and O–H groups in total. The Morgan fingerprint density at radius 1 is 1.16 bits per heavy atom. The van der Waals surface area contributed by atoms with Crippen molar-refractivity contribution >= 4 is 29.2 Å². The number of rotatable bonds is 6. The molecule has 2 aromatic rings. The third-order valence-corrected chi connectivity index (χ3v) is 4.52. The van der Waals surface area contributed by atoms with E-state index in [9.17, 15) is 4.79 Å². The normalized spacial score (nSPS) is 11.7. The van der Waals surface area contributed by atoms with E-state index < -0.39 is 0 Å². The van der Waals surface area contributed by atoms with Crippen LogP contribution in [0.15, 0.2) is 42.5 Å². The Bertz CT molecular complexity index is 720. The summed E-state index contributed by atoms with van der Waals surface area (Å²) in [4.78, 5) is 14.0. The summed E-state index contributed by atoms with van der Waals surface area (Å²) >= 11 is 12.0. The van der Waals surface area contributed by atoms with Crippen LogP contribution in [0.1, 0.15) is 31.0 Å². The van der Waals surface area contributed by atoms with Gasteiger partial charge in [-0.1, -0.05) is 41.4 Å². The molecule has 0 saturated carbocycles. The highest BCUT2D eigenvalue weighted by atomic mass is 35.5. The highest BCUT2D eigenvalue weighted by Crippen LogP contribution is 2.25. The summed E-state index contributed by atoms with van der Waals surface area (Å²) in [5, 5.41) is 3.93. The zero-order valence-electron chi connectivity index (χ0n) is 14.6. The fourth-order valence-corrected chi connectivity index (χ4v) is 2.67. The number of nitrogens with zero attached hydrogens (tertiary/aromatic N) is 1. The minimum Gasteiger partial charge on any atom is -0.494 e. The molecule has 2 aromatic carbocycles. The molecule has 2 amide bonds. The van der Waals surface area contributed by atoms with Crippen molar-refractivity contribution in [2.75, 3.05) is 13.7 Å². The highest BCUT2D eigenvalue weighted by molar-refractivity contribution is 6.42. The van der Waals surface area contributed by atoms with Crippen molar-refractivity contribution < 1.29 is 9.53 Å². The highest BCUT2D eigenvalue weighted by Gasteiger charge is 2.14. The Hall–Kier alpha value is -1.91. The molecule has 0 aliphatic heterocycles. The number of urea groups is 1. The van der Waals surface area contributed by atoms with E-state index in [0.29, 0.717) is 23.2 Å². The van der Waals surface area contributed by atoms with Gasteiger partial charge in [0, 0.05) is 13.6 Å². The zero-order chi connectivity index (χ0) is 18.4. The van der Waals surface area contributed by atoms with Gasteiger partial charge in [0.2, 0.25) is 0 Å². The maximum atomic E-state index is 12.4. The van der Waals surface area contributed by atoms with Crippen LogP contribution in [0.4, 0.5) is 4.79 Å². The van der Waals surface area contributed by atoms with E-state index in [-0.39, 0.29) is 12.1 Å². The number of amides is 2. The van der Waals surface area contributed by atoms with Gasteiger partial charge in [0.15, 0.2) is 0 Å². The molecular weight excluding hydrogens is 359 g/mol. The minimum atomic E-state index is -0.176. The first-order valence-electron chi connectivity index (χ1n) is 8.09. The van der Waals surface area contributed by atoms with Gasteiger partial charge in [-0.3, -0.25) is 0 Å². The summed E-state index contributed by atoms with van der Waals surface area (Å²) in [6, 6.07) is 12.7. The van der Waals surface area contributed by atoms with Crippen molar-refractivity contribution in [3.63, 3.8) is 0 Å². The number of hydrogen-bond donors (Lipinski definition) is 1. The third kappa shape index (κ3) is 5.55. The van der Waals surface area contributed by atoms with Gasteiger partial charge >= 0.3 is 6.03 Å². The van der Waals surface area contributed by atoms with Crippen molar-refractivity contribution in [2.45, 2.75) is 26.4 Å². The summed E-state index contributed by atoms with van der Waals surface area (Å²) in [7, 11) is 1.76. The van der Waals surface area contributed by atoms with Gasteiger partial charge in [0.05, 0.1) is 22.7 Å². The number of carbonyl (C=O) groups is 1. The average Bonchev–Trinajstić information content (AvgIpc) is 2.59. The van der Waals surface area contributed by atoms with Gasteiger partial charge < -0.3 is 15.0 Å². The van der Waals surface area contributed by atoms with Crippen LogP contribution in [-0.4, -0.2) is 24.6 Å². The predicted molar refractivity (Wildman–Crippen MR) is 102 cm³/mol. The Balaban J connectivity index is 1.93. The maximum Gasteiger partial charge on any atom is 0.317 e. The first kappa shape index (κ1) is 19.4. The molecular formula is C19H22Cl2N2O2. The second kappa shape index (κ2) is 8.97. The Kier molecular flexibility index (Phi) is 6.97. The molecule has 0 spiro atoms. The monoisotopic (exact) mass is 380 g/mol. The zero-order valence-corrected chi connectivity index (χ0v) is 16.1. The molecule has 6 heteroatoms. The number of ether oxygens (including phenoxy) is 1. The van der Waals surface area contributed by atoms with Gasteiger partial charge in [-0.25, -0.2) is 4.79 Å². The molecule has 0 aromatic heterocycles. The smallest absolute Gasteiger partial charge is 0.317 e. The van der Waals surface area contributed by atoms with Crippen LogP contribution in [-0.2, 0) is 6.54 Å². The lowest BCUT2D eigenvalue weighted by Crippen LogP contribution is -2.38. The van der Waals surface area contributed by atoms with Crippen LogP contribution in [0.3, 0.4) is 0 Å². The molecule has 0 fully saturated rings. The number of benzene rings is 2. The van der Waals surface area contributed by atoms with E-state index >= 15 is 0 Å². The molecule has 0 bridgehead atoms. The molecule has 0 heterocycles. The summed E-state index contributed by atoms with van der Waals surface area (Å²) in [5.74, 6) is 0.826.